The Kier molecular flexibility index (Phi) is 5.84. The molecule has 2 N–H and O–H groups in total. The summed E-state index contributed by atoms with van der Waals surface area (Å²) in [6, 6.07) is 15.7. The van der Waals surface area contributed by atoms with Crippen LogP contribution in [0, 0.1) is 5.92 Å². The van der Waals surface area contributed by atoms with Gasteiger partial charge < -0.3 is 20.1 Å². The molecule has 0 radical (unpaired) electrons. The van der Waals surface area contributed by atoms with Gasteiger partial charge in [-0.2, -0.15) is 0 Å². The highest BCUT2D eigenvalue weighted by Gasteiger charge is 2.25. The molecule has 0 saturated carbocycles. The summed E-state index contributed by atoms with van der Waals surface area (Å²) < 4.78 is 2.00. The molecule has 5 rings (SSSR count). The van der Waals surface area contributed by atoms with Gasteiger partial charge in [0.2, 0.25) is 11.9 Å². The Morgan fingerprint density at radius 2 is 1.91 bits per heavy atom. The molecule has 1 amide bonds. The van der Waals surface area contributed by atoms with Gasteiger partial charge in [-0.15, -0.1) is 10.2 Å². The SMILES string of the molecule is Cn1c(Nc2ccc(N3CCC(C(=O)NCc4cccnc4)CC3)nn2)nc2ccccc21. The number of benzene rings is 1. The zero-order valence-corrected chi connectivity index (χ0v) is 18.5. The molecule has 0 spiro atoms. The highest BCUT2D eigenvalue weighted by atomic mass is 16.1. The number of nitrogens with one attached hydrogen (secondary N) is 2. The summed E-state index contributed by atoms with van der Waals surface area (Å²) >= 11 is 0. The number of para-hydroxylation sites is 2. The lowest BCUT2D eigenvalue weighted by atomic mass is 9.96. The van der Waals surface area contributed by atoms with Crippen LogP contribution < -0.4 is 15.5 Å². The Balaban J connectivity index is 1.15. The summed E-state index contributed by atoms with van der Waals surface area (Å²) in [5.41, 5.74) is 2.99. The molecule has 3 aromatic heterocycles. The summed E-state index contributed by atoms with van der Waals surface area (Å²) in [7, 11) is 1.97. The number of fused-ring (bicyclic) bond motifs is 1. The van der Waals surface area contributed by atoms with E-state index in [0.29, 0.717) is 12.4 Å². The number of aromatic nitrogens is 5. The maximum absolute atomic E-state index is 12.5. The molecule has 1 saturated heterocycles. The van der Waals surface area contributed by atoms with Crippen LogP contribution in [-0.4, -0.2) is 43.7 Å². The van der Waals surface area contributed by atoms with Gasteiger partial charge in [0.15, 0.2) is 11.6 Å². The van der Waals surface area contributed by atoms with Crippen molar-refractivity contribution in [1.82, 2.24) is 30.0 Å². The van der Waals surface area contributed by atoms with Crippen LogP contribution in [0.25, 0.3) is 11.0 Å². The normalized spacial score (nSPS) is 14.4. The van der Waals surface area contributed by atoms with Crippen molar-refractivity contribution in [2.45, 2.75) is 19.4 Å². The number of carbonyl (C=O) groups is 1. The quantitative estimate of drug-likeness (QED) is 0.473. The minimum Gasteiger partial charge on any atom is -0.355 e. The molecule has 0 atom stereocenters. The van der Waals surface area contributed by atoms with E-state index in [-0.39, 0.29) is 11.8 Å². The highest BCUT2D eigenvalue weighted by Crippen LogP contribution is 2.24. The molecule has 168 valence electrons. The molecule has 1 aliphatic rings. The van der Waals surface area contributed by atoms with Crippen LogP contribution in [0.2, 0.25) is 0 Å². The predicted molar refractivity (Wildman–Crippen MR) is 127 cm³/mol. The third kappa shape index (κ3) is 4.62. The van der Waals surface area contributed by atoms with Gasteiger partial charge >= 0.3 is 0 Å². The van der Waals surface area contributed by atoms with Crippen molar-refractivity contribution < 1.29 is 4.79 Å². The van der Waals surface area contributed by atoms with Gasteiger partial charge in [0.25, 0.3) is 0 Å². The average molecular weight is 443 g/mol. The fraction of sp³-hybridized carbons (Fsp3) is 0.292. The molecule has 0 unspecified atom stereocenters. The van der Waals surface area contributed by atoms with Crippen LogP contribution in [0.15, 0.2) is 60.9 Å². The number of imidazole rings is 1. The van der Waals surface area contributed by atoms with Gasteiger partial charge in [-0.05, 0) is 48.7 Å². The molecule has 1 aromatic carbocycles. The number of hydrogen-bond donors (Lipinski definition) is 2. The average Bonchev–Trinajstić information content (AvgIpc) is 3.19. The third-order valence-corrected chi connectivity index (χ3v) is 6.06. The van der Waals surface area contributed by atoms with E-state index in [9.17, 15) is 4.79 Å². The van der Waals surface area contributed by atoms with Gasteiger partial charge in [0.1, 0.15) is 0 Å². The van der Waals surface area contributed by atoms with E-state index in [1.807, 2.05) is 60.1 Å². The van der Waals surface area contributed by atoms with Crippen molar-refractivity contribution in [2.75, 3.05) is 23.3 Å². The first-order valence-corrected chi connectivity index (χ1v) is 11.1. The zero-order valence-electron chi connectivity index (χ0n) is 18.5. The van der Waals surface area contributed by atoms with Crippen LogP contribution in [0.4, 0.5) is 17.6 Å². The van der Waals surface area contributed by atoms with Crippen molar-refractivity contribution in [2.24, 2.45) is 13.0 Å². The Morgan fingerprint density at radius 1 is 1.06 bits per heavy atom. The minimum absolute atomic E-state index is 0.0179. The first-order chi connectivity index (χ1) is 16.2. The number of nitrogens with zero attached hydrogens (tertiary/aromatic N) is 6. The van der Waals surface area contributed by atoms with E-state index in [2.05, 4.69) is 35.7 Å². The van der Waals surface area contributed by atoms with Gasteiger partial charge in [-0.3, -0.25) is 9.78 Å². The van der Waals surface area contributed by atoms with Gasteiger partial charge in [-0.25, -0.2) is 4.98 Å². The third-order valence-electron chi connectivity index (χ3n) is 6.06. The monoisotopic (exact) mass is 442 g/mol. The van der Waals surface area contributed by atoms with E-state index in [1.54, 1.807) is 12.4 Å². The standard InChI is InChI=1S/C24H26N8O/c1-31-20-7-3-2-6-19(20)27-24(31)28-21-8-9-22(30-29-21)32-13-10-18(11-14-32)23(33)26-16-17-5-4-12-25-15-17/h2-9,12,15,18H,10-11,13-14,16H2,1H3,(H,26,33)(H,27,28,29). The second kappa shape index (κ2) is 9.23. The minimum atomic E-state index is 0.0179. The lowest BCUT2D eigenvalue weighted by molar-refractivity contribution is -0.125. The summed E-state index contributed by atoms with van der Waals surface area (Å²) in [4.78, 5) is 23.4. The maximum atomic E-state index is 12.5. The number of pyridine rings is 1. The van der Waals surface area contributed by atoms with E-state index in [1.165, 1.54) is 0 Å². The van der Waals surface area contributed by atoms with Crippen molar-refractivity contribution in [3.8, 4) is 0 Å². The molecular weight excluding hydrogens is 416 g/mol. The van der Waals surface area contributed by atoms with Gasteiger partial charge in [-0.1, -0.05) is 18.2 Å². The highest BCUT2D eigenvalue weighted by molar-refractivity contribution is 5.79. The molecular formula is C24H26N8O. The van der Waals surface area contributed by atoms with Crippen molar-refractivity contribution in [1.29, 1.82) is 0 Å². The van der Waals surface area contributed by atoms with E-state index >= 15 is 0 Å². The zero-order chi connectivity index (χ0) is 22.6. The lowest BCUT2D eigenvalue weighted by Gasteiger charge is -2.31. The fourth-order valence-electron chi connectivity index (χ4n) is 4.14. The summed E-state index contributed by atoms with van der Waals surface area (Å²) in [6.45, 7) is 2.06. The fourth-order valence-corrected chi connectivity index (χ4v) is 4.14. The van der Waals surface area contributed by atoms with Gasteiger partial charge in [0.05, 0.1) is 11.0 Å². The second-order valence-electron chi connectivity index (χ2n) is 8.23. The van der Waals surface area contributed by atoms with Crippen LogP contribution in [0.3, 0.4) is 0 Å². The molecule has 1 aliphatic heterocycles. The first-order valence-electron chi connectivity index (χ1n) is 11.1. The summed E-state index contributed by atoms with van der Waals surface area (Å²) in [5.74, 6) is 2.30. The molecule has 0 bridgehead atoms. The van der Waals surface area contributed by atoms with Crippen molar-refractivity contribution in [3.63, 3.8) is 0 Å². The van der Waals surface area contributed by atoms with Crippen LogP contribution >= 0.6 is 0 Å². The maximum Gasteiger partial charge on any atom is 0.223 e. The number of anilines is 3. The van der Waals surface area contributed by atoms with Crippen molar-refractivity contribution in [3.05, 3.63) is 66.5 Å². The Morgan fingerprint density at radius 3 is 2.64 bits per heavy atom. The molecule has 4 aromatic rings. The molecule has 4 heterocycles. The number of hydrogen-bond acceptors (Lipinski definition) is 7. The number of rotatable bonds is 6. The molecule has 0 aliphatic carbocycles. The number of aryl methyl sites for hydroxylation is 1. The lowest BCUT2D eigenvalue weighted by Crippen LogP contribution is -2.40. The van der Waals surface area contributed by atoms with E-state index in [4.69, 9.17) is 0 Å². The van der Waals surface area contributed by atoms with Crippen molar-refractivity contribution >= 4 is 34.5 Å². The number of carbonyl (C=O) groups excluding carboxylic acids is 1. The molecule has 1 fully saturated rings. The summed E-state index contributed by atoms with van der Waals surface area (Å²) in [5, 5.41) is 15.0. The van der Waals surface area contributed by atoms with Crippen LogP contribution in [-0.2, 0) is 18.4 Å². The first kappa shape index (κ1) is 20.9. The smallest absolute Gasteiger partial charge is 0.223 e. The largest absolute Gasteiger partial charge is 0.355 e. The van der Waals surface area contributed by atoms with E-state index in [0.717, 1.165) is 54.3 Å². The molecule has 33 heavy (non-hydrogen) atoms. The number of piperidine rings is 1. The summed E-state index contributed by atoms with van der Waals surface area (Å²) in [6.07, 6.45) is 5.09. The van der Waals surface area contributed by atoms with Crippen LogP contribution in [0.1, 0.15) is 18.4 Å². The molecule has 9 nitrogen and oxygen atoms in total. The second-order valence-corrected chi connectivity index (χ2v) is 8.23. The van der Waals surface area contributed by atoms with E-state index < -0.39 is 0 Å². The number of amides is 1. The Bertz CT molecular complexity index is 1230. The predicted octanol–water partition coefficient (Wildman–Crippen LogP) is 3.03. The topological polar surface area (TPSA) is 101 Å². The van der Waals surface area contributed by atoms with Gasteiger partial charge in [0, 0.05) is 45.0 Å². The Hall–Kier alpha value is -4.01. The Labute approximate surface area is 191 Å². The molecule has 9 heteroatoms. The van der Waals surface area contributed by atoms with Crippen LogP contribution in [0.5, 0.6) is 0 Å².